The summed E-state index contributed by atoms with van der Waals surface area (Å²) in [6.07, 6.45) is -2.07. The molecule has 16 nitrogen and oxygen atoms in total. The van der Waals surface area contributed by atoms with Crippen molar-refractivity contribution in [1.29, 1.82) is 0 Å². The van der Waals surface area contributed by atoms with Crippen molar-refractivity contribution in [2.75, 3.05) is 0 Å². The summed E-state index contributed by atoms with van der Waals surface area (Å²) in [5.74, 6) is -9.37. The monoisotopic (exact) mass is 800 g/mol. The molecule has 0 aromatic heterocycles. The van der Waals surface area contributed by atoms with Gasteiger partial charge in [-0.2, -0.15) is 0 Å². The molecular formula is C40H64O16. The smallest absolute Gasteiger partial charge is 0.352 e. The summed E-state index contributed by atoms with van der Waals surface area (Å²) < 4.78 is 42.6. The molecule has 0 saturated carbocycles. The Morgan fingerprint density at radius 2 is 0.679 bits per heavy atom. The Kier molecular flexibility index (Phi) is 15.2. The van der Waals surface area contributed by atoms with Crippen LogP contribution in [0, 0.1) is 11.8 Å². The van der Waals surface area contributed by atoms with Crippen LogP contribution in [-0.2, 0) is 76.3 Å². The van der Waals surface area contributed by atoms with Gasteiger partial charge >= 0.3 is 47.8 Å². The first kappa shape index (κ1) is 49.8. The van der Waals surface area contributed by atoms with Gasteiger partial charge in [-0.15, -0.1) is 0 Å². The zero-order valence-corrected chi connectivity index (χ0v) is 36.5. The third kappa shape index (κ3) is 16.1. The molecule has 0 amide bonds. The third-order valence-electron chi connectivity index (χ3n) is 6.98. The van der Waals surface area contributed by atoms with Crippen LogP contribution in [0.15, 0.2) is 0 Å². The minimum atomic E-state index is -2.13. The summed E-state index contributed by atoms with van der Waals surface area (Å²) in [7, 11) is 0. The number of hydrogen-bond donors (Lipinski definition) is 0. The van der Waals surface area contributed by atoms with Crippen molar-refractivity contribution >= 4 is 47.8 Å². The molecule has 0 N–H and O–H groups in total. The molecule has 2 aliphatic rings. The van der Waals surface area contributed by atoms with E-state index in [1.165, 1.54) is 0 Å². The lowest BCUT2D eigenvalue weighted by atomic mass is 9.84. The van der Waals surface area contributed by atoms with Crippen LogP contribution in [0.5, 0.6) is 0 Å². The van der Waals surface area contributed by atoms with Gasteiger partial charge in [0, 0.05) is 0 Å². The van der Waals surface area contributed by atoms with E-state index in [1.54, 1.807) is 125 Å². The molecule has 0 bridgehead atoms. The van der Waals surface area contributed by atoms with Crippen LogP contribution < -0.4 is 0 Å². The largest absolute Gasteiger partial charge is 0.460 e. The number of cyclic esters (lactones) is 2. The molecule has 320 valence electrons. The molecule has 0 aromatic carbocycles. The van der Waals surface area contributed by atoms with Gasteiger partial charge in [0.25, 0.3) is 0 Å². The van der Waals surface area contributed by atoms with Crippen LogP contribution in [0.25, 0.3) is 0 Å². The van der Waals surface area contributed by atoms with Gasteiger partial charge in [0.1, 0.15) is 45.4 Å². The first-order chi connectivity index (χ1) is 24.7. The van der Waals surface area contributed by atoms with E-state index in [4.69, 9.17) is 37.9 Å². The van der Waals surface area contributed by atoms with Gasteiger partial charge in [-0.25, -0.2) is 9.59 Å². The fraction of sp³-hybridized carbons (Fsp3) is 0.800. The molecule has 0 aromatic rings. The molecule has 0 radical (unpaired) electrons. The maximum atomic E-state index is 13.0. The zero-order valence-electron chi connectivity index (χ0n) is 36.5. The highest BCUT2D eigenvalue weighted by molar-refractivity contribution is 5.99. The highest BCUT2D eigenvalue weighted by Gasteiger charge is 2.64. The second-order valence-electron chi connectivity index (χ2n) is 19.8. The van der Waals surface area contributed by atoms with Crippen molar-refractivity contribution in [3.05, 3.63) is 0 Å². The summed E-state index contributed by atoms with van der Waals surface area (Å²) in [6.45, 7) is 29.7. The number of carbonyl (C=O) groups is 8. The van der Waals surface area contributed by atoms with Crippen molar-refractivity contribution in [3.8, 4) is 0 Å². The van der Waals surface area contributed by atoms with E-state index in [9.17, 15) is 38.4 Å². The molecule has 2 rings (SSSR count). The molecule has 0 aliphatic carbocycles. The Labute approximate surface area is 330 Å². The quantitative estimate of drug-likeness (QED) is 0.222. The second-order valence-corrected chi connectivity index (χ2v) is 19.8. The van der Waals surface area contributed by atoms with Gasteiger partial charge in [-0.05, 0) is 125 Å². The van der Waals surface area contributed by atoms with Crippen molar-refractivity contribution in [2.24, 2.45) is 11.8 Å². The number of esters is 8. The zero-order chi connectivity index (χ0) is 44.3. The lowest BCUT2D eigenvalue weighted by Crippen LogP contribution is -2.53. The fourth-order valence-corrected chi connectivity index (χ4v) is 5.33. The summed E-state index contributed by atoms with van der Waals surface area (Å²) in [6, 6.07) is 0. The van der Waals surface area contributed by atoms with E-state index in [1.807, 2.05) is 0 Å². The summed E-state index contributed by atoms with van der Waals surface area (Å²) >= 11 is 0. The average molecular weight is 801 g/mol. The van der Waals surface area contributed by atoms with Gasteiger partial charge in [-0.3, -0.25) is 28.8 Å². The topological polar surface area (TPSA) is 210 Å². The van der Waals surface area contributed by atoms with Crippen molar-refractivity contribution in [2.45, 2.75) is 195 Å². The number of hydrogen-bond acceptors (Lipinski definition) is 16. The SMILES string of the molecule is CC(C)(C)OC(=O)C[C@@]1(C(=O)OC(C)(C)C)OC(=O)C[C@H]1C(=O)OC(C)(C)C.CC(C)(C)OC(=O)C[C@@]1(C(=O)OC(C)(C)C)OC(=O)C[C@H]1C(=O)OC(C)(C)C. The van der Waals surface area contributed by atoms with E-state index in [0.29, 0.717) is 0 Å². The average Bonchev–Trinajstić information content (AvgIpc) is 3.40. The highest BCUT2D eigenvalue weighted by Crippen LogP contribution is 2.42. The Morgan fingerprint density at radius 3 is 0.893 bits per heavy atom. The minimum absolute atomic E-state index is 0.392. The Morgan fingerprint density at radius 1 is 0.446 bits per heavy atom. The Balaban J connectivity index is 0.000000560. The first-order valence-electron chi connectivity index (χ1n) is 18.5. The van der Waals surface area contributed by atoms with Crippen molar-refractivity contribution < 1.29 is 76.3 Å². The normalized spacial score (nSPS) is 23.0. The van der Waals surface area contributed by atoms with E-state index in [0.717, 1.165) is 0 Å². The van der Waals surface area contributed by atoms with E-state index in [2.05, 4.69) is 0 Å². The molecule has 2 heterocycles. The van der Waals surface area contributed by atoms with Crippen LogP contribution in [0.2, 0.25) is 0 Å². The Bertz CT molecular complexity index is 1400. The lowest BCUT2D eigenvalue weighted by molar-refractivity contribution is -0.197. The van der Waals surface area contributed by atoms with E-state index >= 15 is 0 Å². The van der Waals surface area contributed by atoms with Crippen LogP contribution in [0.4, 0.5) is 0 Å². The van der Waals surface area contributed by atoms with E-state index < -0.39 is 130 Å². The predicted octanol–water partition coefficient (Wildman–Crippen LogP) is 5.41. The highest BCUT2D eigenvalue weighted by atomic mass is 16.6. The van der Waals surface area contributed by atoms with E-state index in [-0.39, 0.29) is 0 Å². The summed E-state index contributed by atoms with van der Waals surface area (Å²) in [4.78, 5) is 101. The first-order valence-corrected chi connectivity index (χ1v) is 18.5. The Hall–Kier alpha value is -4.24. The van der Waals surface area contributed by atoms with Crippen LogP contribution >= 0.6 is 0 Å². The number of carbonyl (C=O) groups excluding carboxylic acids is 8. The van der Waals surface area contributed by atoms with Crippen LogP contribution in [0.3, 0.4) is 0 Å². The molecule has 2 saturated heterocycles. The van der Waals surface area contributed by atoms with Crippen LogP contribution in [-0.4, -0.2) is 92.6 Å². The summed E-state index contributed by atoms with van der Waals surface area (Å²) in [5, 5.41) is 0. The van der Waals surface area contributed by atoms with Crippen molar-refractivity contribution in [3.63, 3.8) is 0 Å². The van der Waals surface area contributed by atoms with Gasteiger partial charge in [0.15, 0.2) is 0 Å². The minimum Gasteiger partial charge on any atom is -0.460 e. The maximum absolute atomic E-state index is 13.0. The molecule has 0 spiro atoms. The standard InChI is InChI=1S/2C20H32O8/c2*1-17(2,3)25-14(22)11-20(16(24)28-19(7,8)9)12(10-13(21)26-20)15(23)27-18(4,5)6/h2*12H,10-11H2,1-9H3/t2*12-,20+/m00/s1. The lowest BCUT2D eigenvalue weighted by Gasteiger charge is -2.34. The maximum Gasteiger partial charge on any atom is 0.352 e. The number of rotatable bonds is 8. The molecule has 4 atom stereocenters. The van der Waals surface area contributed by atoms with Gasteiger partial charge in [0.2, 0.25) is 11.2 Å². The molecule has 2 aliphatic heterocycles. The summed E-state index contributed by atoms with van der Waals surface area (Å²) in [5.41, 5.74) is -9.46. The van der Waals surface area contributed by atoms with Gasteiger partial charge < -0.3 is 37.9 Å². The van der Waals surface area contributed by atoms with Gasteiger partial charge in [-0.1, -0.05) is 0 Å². The molecule has 16 heteroatoms. The third-order valence-corrected chi connectivity index (χ3v) is 6.98. The number of ether oxygens (including phenoxy) is 8. The predicted molar refractivity (Wildman–Crippen MR) is 198 cm³/mol. The molecule has 2 fully saturated rings. The molecular weight excluding hydrogens is 736 g/mol. The second kappa shape index (κ2) is 17.1. The van der Waals surface area contributed by atoms with Crippen molar-refractivity contribution in [1.82, 2.24) is 0 Å². The van der Waals surface area contributed by atoms with Gasteiger partial charge in [0.05, 0.1) is 25.7 Å². The molecule has 56 heavy (non-hydrogen) atoms. The fourth-order valence-electron chi connectivity index (χ4n) is 5.33. The van der Waals surface area contributed by atoms with Crippen LogP contribution in [0.1, 0.15) is 150 Å². The molecule has 0 unspecified atom stereocenters.